The highest BCUT2D eigenvalue weighted by Gasteiger charge is 2.31. The van der Waals surface area contributed by atoms with Crippen molar-refractivity contribution < 1.29 is 18.7 Å². The first kappa shape index (κ1) is 17.0. The molecule has 0 aliphatic carbocycles. The van der Waals surface area contributed by atoms with Gasteiger partial charge in [0, 0.05) is 13.1 Å². The molecule has 2 aromatic carbocycles. The molecule has 2 aromatic rings. The van der Waals surface area contributed by atoms with Crippen LogP contribution in [0.1, 0.15) is 17.5 Å². The summed E-state index contributed by atoms with van der Waals surface area (Å²) < 4.78 is 18.3. The molecule has 1 fully saturated rings. The molecule has 0 N–H and O–H groups in total. The van der Waals surface area contributed by atoms with E-state index in [2.05, 4.69) is 0 Å². The van der Waals surface area contributed by atoms with Gasteiger partial charge in [-0.15, -0.1) is 0 Å². The van der Waals surface area contributed by atoms with E-state index in [4.69, 9.17) is 4.74 Å². The van der Waals surface area contributed by atoms with Crippen LogP contribution in [0.2, 0.25) is 0 Å². The fourth-order valence-corrected chi connectivity index (χ4v) is 2.72. The summed E-state index contributed by atoms with van der Waals surface area (Å²) in [6, 6.07) is 15.2. The number of hydrogen-bond donors (Lipinski definition) is 0. The molecule has 1 heterocycles. The lowest BCUT2D eigenvalue weighted by Gasteiger charge is -2.27. The Morgan fingerprint density at radius 2 is 1.60 bits per heavy atom. The third kappa shape index (κ3) is 4.35. The van der Waals surface area contributed by atoms with Crippen LogP contribution in [-0.4, -0.2) is 35.1 Å². The number of carbonyl (C=O) groups excluding carboxylic acids is 2. The second kappa shape index (κ2) is 7.79. The molecule has 0 radical (unpaired) electrons. The summed E-state index contributed by atoms with van der Waals surface area (Å²) in [5.41, 5.74) is 1.59. The van der Waals surface area contributed by atoms with Gasteiger partial charge in [-0.3, -0.25) is 4.79 Å². The predicted molar refractivity (Wildman–Crippen MR) is 89.8 cm³/mol. The number of hydrazine groups is 1. The Morgan fingerprint density at radius 3 is 2.32 bits per heavy atom. The van der Waals surface area contributed by atoms with Crippen molar-refractivity contribution in [2.45, 2.75) is 19.4 Å². The summed E-state index contributed by atoms with van der Waals surface area (Å²) in [6.45, 7) is 1.08. The average molecular weight is 342 g/mol. The van der Waals surface area contributed by atoms with Crippen molar-refractivity contribution in [2.75, 3.05) is 13.1 Å². The summed E-state index contributed by atoms with van der Waals surface area (Å²) in [6.07, 6.45) is 0.284. The van der Waals surface area contributed by atoms with Gasteiger partial charge in [0.25, 0.3) is 0 Å². The number of ether oxygens (including phenoxy) is 1. The molecular formula is C19H19FN2O3. The molecule has 0 aromatic heterocycles. The zero-order chi connectivity index (χ0) is 17.6. The molecule has 0 unspecified atom stereocenters. The lowest BCUT2D eigenvalue weighted by atomic mass is 10.1. The molecule has 6 heteroatoms. The Morgan fingerprint density at radius 1 is 0.920 bits per heavy atom. The van der Waals surface area contributed by atoms with Crippen molar-refractivity contribution in [2.24, 2.45) is 0 Å². The second-order valence-electron chi connectivity index (χ2n) is 5.84. The van der Waals surface area contributed by atoms with E-state index in [0.29, 0.717) is 25.1 Å². The Balaban J connectivity index is 1.58. The smallest absolute Gasteiger partial charge is 0.429 e. The lowest BCUT2D eigenvalue weighted by molar-refractivity contribution is -0.141. The van der Waals surface area contributed by atoms with E-state index in [9.17, 15) is 14.0 Å². The standard InChI is InChI=1S/C19H19FN2O3/c20-17-9-7-15(8-10-17)13-18(23)21-11-4-12-22(21)19(24)25-14-16-5-2-1-3-6-16/h1-3,5-10H,4,11-14H2. The van der Waals surface area contributed by atoms with E-state index >= 15 is 0 Å². The van der Waals surface area contributed by atoms with Crippen LogP contribution >= 0.6 is 0 Å². The molecule has 0 atom stereocenters. The minimum atomic E-state index is -0.534. The zero-order valence-electron chi connectivity index (χ0n) is 13.7. The van der Waals surface area contributed by atoms with Gasteiger partial charge in [-0.2, -0.15) is 0 Å². The van der Waals surface area contributed by atoms with Crippen LogP contribution < -0.4 is 0 Å². The van der Waals surface area contributed by atoms with E-state index in [1.807, 2.05) is 30.3 Å². The Labute approximate surface area is 145 Å². The Hall–Kier alpha value is -2.89. The fraction of sp³-hybridized carbons (Fsp3) is 0.263. The van der Waals surface area contributed by atoms with E-state index in [1.54, 1.807) is 12.1 Å². The maximum Gasteiger partial charge on any atom is 0.429 e. The SMILES string of the molecule is O=C(Cc1ccc(F)cc1)N1CCCN1C(=O)OCc1ccccc1. The van der Waals surface area contributed by atoms with Gasteiger partial charge in [-0.1, -0.05) is 42.5 Å². The van der Waals surface area contributed by atoms with Crippen LogP contribution in [0, 0.1) is 5.82 Å². The molecule has 2 amide bonds. The minimum absolute atomic E-state index is 0.114. The van der Waals surface area contributed by atoms with Crippen LogP contribution in [0.4, 0.5) is 9.18 Å². The van der Waals surface area contributed by atoms with E-state index in [0.717, 1.165) is 5.56 Å². The van der Waals surface area contributed by atoms with E-state index in [-0.39, 0.29) is 24.8 Å². The van der Waals surface area contributed by atoms with Crippen molar-refractivity contribution in [3.05, 3.63) is 71.5 Å². The number of carbonyl (C=O) groups is 2. The molecule has 0 saturated carbocycles. The van der Waals surface area contributed by atoms with Crippen LogP contribution in [0.15, 0.2) is 54.6 Å². The molecule has 1 aliphatic rings. The van der Waals surface area contributed by atoms with Crippen LogP contribution in [-0.2, 0) is 22.6 Å². The predicted octanol–water partition coefficient (Wildman–Crippen LogP) is 3.15. The maximum atomic E-state index is 13.0. The highest BCUT2D eigenvalue weighted by atomic mass is 19.1. The van der Waals surface area contributed by atoms with Crippen molar-refractivity contribution in [3.63, 3.8) is 0 Å². The third-order valence-electron chi connectivity index (χ3n) is 4.00. The Bertz CT molecular complexity index is 734. The van der Waals surface area contributed by atoms with Crippen LogP contribution in [0.5, 0.6) is 0 Å². The monoisotopic (exact) mass is 342 g/mol. The van der Waals surface area contributed by atoms with Crippen molar-refractivity contribution in [3.8, 4) is 0 Å². The maximum absolute atomic E-state index is 13.0. The highest BCUT2D eigenvalue weighted by molar-refractivity contribution is 5.81. The number of rotatable bonds is 4. The molecule has 5 nitrogen and oxygen atoms in total. The van der Waals surface area contributed by atoms with Gasteiger partial charge < -0.3 is 4.74 Å². The molecule has 1 aliphatic heterocycles. The first-order valence-electron chi connectivity index (χ1n) is 8.16. The second-order valence-corrected chi connectivity index (χ2v) is 5.84. The number of halogens is 1. The lowest BCUT2D eigenvalue weighted by Crippen LogP contribution is -2.45. The van der Waals surface area contributed by atoms with Gasteiger partial charge in [-0.05, 0) is 29.7 Å². The number of amides is 2. The fourth-order valence-electron chi connectivity index (χ4n) is 2.72. The van der Waals surface area contributed by atoms with Crippen molar-refractivity contribution in [1.29, 1.82) is 0 Å². The topological polar surface area (TPSA) is 49.9 Å². The van der Waals surface area contributed by atoms with Gasteiger partial charge in [0.15, 0.2) is 0 Å². The molecule has 0 bridgehead atoms. The first-order valence-corrected chi connectivity index (χ1v) is 8.16. The zero-order valence-corrected chi connectivity index (χ0v) is 13.7. The summed E-state index contributed by atoms with van der Waals surface area (Å²) in [4.78, 5) is 24.8. The molecule has 3 rings (SSSR count). The van der Waals surface area contributed by atoms with E-state index < -0.39 is 6.09 Å². The van der Waals surface area contributed by atoms with E-state index in [1.165, 1.54) is 22.2 Å². The molecule has 1 saturated heterocycles. The summed E-state index contributed by atoms with van der Waals surface area (Å²) in [7, 11) is 0. The van der Waals surface area contributed by atoms with Gasteiger partial charge in [0.05, 0.1) is 6.42 Å². The van der Waals surface area contributed by atoms with Gasteiger partial charge in [0.1, 0.15) is 12.4 Å². The van der Waals surface area contributed by atoms with Crippen LogP contribution in [0.3, 0.4) is 0 Å². The summed E-state index contributed by atoms with van der Waals surface area (Å²) in [5.74, 6) is -0.552. The third-order valence-corrected chi connectivity index (χ3v) is 4.00. The minimum Gasteiger partial charge on any atom is -0.443 e. The van der Waals surface area contributed by atoms with Crippen LogP contribution in [0.25, 0.3) is 0 Å². The number of benzene rings is 2. The van der Waals surface area contributed by atoms with Crippen molar-refractivity contribution >= 4 is 12.0 Å². The summed E-state index contributed by atoms with van der Waals surface area (Å²) in [5, 5.41) is 2.76. The van der Waals surface area contributed by atoms with Gasteiger partial charge in [0.2, 0.25) is 5.91 Å². The quantitative estimate of drug-likeness (QED) is 0.858. The van der Waals surface area contributed by atoms with Crippen molar-refractivity contribution in [1.82, 2.24) is 10.0 Å². The number of hydrogen-bond acceptors (Lipinski definition) is 3. The normalized spacial score (nSPS) is 13.8. The van der Waals surface area contributed by atoms with Gasteiger partial charge >= 0.3 is 6.09 Å². The largest absolute Gasteiger partial charge is 0.443 e. The highest BCUT2D eigenvalue weighted by Crippen LogP contribution is 2.15. The first-order chi connectivity index (χ1) is 12.1. The Kier molecular flexibility index (Phi) is 5.28. The molecule has 130 valence electrons. The summed E-state index contributed by atoms with van der Waals surface area (Å²) >= 11 is 0. The average Bonchev–Trinajstić information content (AvgIpc) is 3.12. The molecule has 25 heavy (non-hydrogen) atoms. The molecular weight excluding hydrogens is 323 g/mol. The van der Waals surface area contributed by atoms with Gasteiger partial charge in [-0.25, -0.2) is 19.2 Å². The molecule has 0 spiro atoms. The number of nitrogens with zero attached hydrogens (tertiary/aromatic N) is 2.